The zero-order chi connectivity index (χ0) is 19.6. The maximum atomic E-state index is 12.5. The third-order valence-electron chi connectivity index (χ3n) is 3.15. The van der Waals surface area contributed by atoms with Crippen LogP contribution in [0.1, 0.15) is 21.7 Å². The van der Waals surface area contributed by atoms with Crippen molar-refractivity contribution in [2.24, 2.45) is 0 Å². The van der Waals surface area contributed by atoms with E-state index in [0.29, 0.717) is 18.0 Å². The third-order valence-corrected chi connectivity index (χ3v) is 3.96. The summed E-state index contributed by atoms with van der Waals surface area (Å²) >= 11 is 0.700. The van der Waals surface area contributed by atoms with Crippen LogP contribution in [-0.4, -0.2) is 32.0 Å². The van der Waals surface area contributed by atoms with Crippen molar-refractivity contribution in [3.05, 3.63) is 52.4 Å². The van der Waals surface area contributed by atoms with Gasteiger partial charge in [0, 0.05) is 12.4 Å². The highest BCUT2D eigenvalue weighted by atomic mass is 32.2. The minimum absolute atomic E-state index is 0.125. The summed E-state index contributed by atoms with van der Waals surface area (Å²) in [6.45, 7) is 0. The molecule has 1 aliphatic rings. The lowest BCUT2D eigenvalue weighted by Crippen LogP contribution is -2.18. The molecule has 27 heavy (non-hydrogen) atoms. The highest BCUT2D eigenvalue weighted by Crippen LogP contribution is 2.28. The number of nitrogens with one attached hydrogen (secondary N) is 2. The molecule has 1 saturated heterocycles. The van der Waals surface area contributed by atoms with Gasteiger partial charge in [0.1, 0.15) is 5.69 Å². The van der Waals surface area contributed by atoms with Crippen molar-refractivity contribution in [3.8, 4) is 0 Å². The average molecular weight is 395 g/mol. The lowest BCUT2D eigenvalue weighted by atomic mass is 10.2. The van der Waals surface area contributed by atoms with Crippen LogP contribution in [0.5, 0.6) is 0 Å². The first kappa shape index (κ1) is 18.5. The summed E-state index contributed by atoms with van der Waals surface area (Å²) in [4.78, 5) is 46.1. The summed E-state index contributed by atoms with van der Waals surface area (Å²) in [7, 11) is 0. The van der Waals surface area contributed by atoms with Crippen molar-refractivity contribution in [1.82, 2.24) is 20.3 Å². The molecule has 2 aromatic rings. The molecule has 0 atom stereocenters. The van der Waals surface area contributed by atoms with E-state index < -0.39 is 28.8 Å². The Balaban J connectivity index is 1.74. The van der Waals surface area contributed by atoms with Gasteiger partial charge in [0.2, 0.25) is 5.95 Å². The van der Waals surface area contributed by atoms with Gasteiger partial charge in [-0.1, -0.05) is 0 Å². The van der Waals surface area contributed by atoms with Crippen LogP contribution in [0, 0.1) is 0 Å². The number of amides is 3. The number of pyridine rings is 1. The first-order valence-corrected chi connectivity index (χ1v) is 7.96. The summed E-state index contributed by atoms with van der Waals surface area (Å²) in [5.74, 6) is -1.52. The molecule has 0 aromatic carbocycles. The normalized spacial score (nSPS) is 15.7. The van der Waals surface area contributed by atoms with E-state index in [1.165, 1.54) is 18.3 Å². The van der Waals surface area contributed by atoms with Gasteiger partial charge in [-0.05, 0) is 36.0 Å². The van der Waals surface area contributed by atoms with Crippen LogP contribution in [0.25, 0.3) is 6.08 Å². The standard InChI is InChI=1S/C15H8F3N5O3S/c16-15(17,18)7-1-2-9(20-6-7)11(24)22-13-19-4-3-8(21-13)5-10-12(25)23-14(26)27-10/h1-6H,(H,23,25,26)(H,19,21,22,24)/b10-5+. The summed E-state index contributed by atoms with van der Waals surface area (Å²) < 4.78 is 37.5. The molecule has 8 nitrogen and oxygen atoms in total. The Morgan fingerprint density at radius 2 is 1.96 bits per heavy atom. The van der Waals surface area contributed by atoms with Crippen LogP contribution in [-0.2, 0) is 11.0 Å². The molecule has 1 aliphatic heterocycles. The Labute approximate surface area is 153 Å². The first-order chi connectivity index (χ1) is 12.7. The van der Waals surface area contributed by atoms with Crippen LogP contribution < -0.4 is 10.6 Å². The Morgan fingerprint density at radius 3 is 2.56 bits per heavy atom. The number of hydrogen-bond donors (Lipinski definition) is 2. The molecule has 138 valence electrons. The number of anilines is 1. The molecular formula is C15H8F3N5O3S. The van der Waals surface area contributed by atoms with Gasteiger partial charge in [0.25, 0.3) is 17.1 Å². The van der Waals surface area contributed by atoms with Crippen LogP contribution in [0.15, 0.2) is 35.5 Å². The van der Waals surface area contributed by atoms with E-state index in [4.69, 9.17) is 0 Å². The van der Waals surface area contributed by atoms with E-state index in [1.54, 1.807) is 0 Å². The smallest absolute Gasteiger partial charge is 0.289 e. The lowest BCUT2D eigenvalue weighted by Gasteiger charge is -2.07. The minimum atomic E-state index is -4.56. The van der Waals surface area contributed by atoms with Gasteiger partial charge in [0.05, 0.1) is 16.2 Å². The molecule has 0 spiro atoms. The van der Waals surface area contributed by atoms with Crippen LogP contribution in [0.3, 0.4) is 0 Å². The Hall–Kier alpha value is -3.28. The average Bonchev–Trinajstić information content (AvgIpc) is 2.91. The number of hydrogen-bond acceptors (Lipinski definition) is 7. The minimum Gasteiger partial charge on any atom is -0.289 e. The van der Waals surface area contributed by atoms with Gasteiger partial charge in [0.15, 0.2) is 0 Å². The van der Waals surface area contributed by atoms with Gasteiger partial charge in [-0.15, -0.1) is 0 Å². The van der Waals surface area contributed by atoms with Gasteiger partial charge in [-0.25, -0.2) is 9.97 Å². The van der Waals surface area contributed by atoms with Gasteiger partial charge in [-0.3, -0.25) is 30.0 Å². The number of alkyl halides is 3. The Bertz CT molecular complexity index is 960. The van der Waals surface area contributed by atoms with Crippen molar-refractivity contribution in [2.75, 3.05) is 5.32 Å². The molecule has 3 amide bonds. The topological polar surface area (TPSA) is 114 Å². The summed E-state index contributed by atoms with van der Waals surface area (Å²) in [6.07, 6.45) is -1.38. The molecule has 0 saturated carbocycles. The van der Waals surface area contributed by atoms with Crippen LogP contribution in [0.4, 0.5) is 23.9 Å². The number of carbonyl (C=O) groups is 3. The van der Waals surface area contributed by atoms with E-state index in [1.807, 2.05) is 0 Å². The zero-order valence-corrected chi connectivity index (χ0v) is 13.9. The van der Waals surface area contributed by atoms with E-state index in [0.717, 1.165) is 12.1 Å². The van der Waals surface area contributed by atoms with Gasteiger partial charge < -0.3 is 0 Å². The van der Waals surface area contributed by atoms with Crippen molar-refractivity contribution in [3.63, 3.8) is 0 Å². The second-order valence-corrected chi connectivity index (χ2v) is 6.06. The number of halogens is 3. The third kappa shape index (κ3) is 4.47. The van der Waals surface area contributed by atoms with Gasteiger partial charge in [-0.2, -0.15) is 13.2 Å². The number of nitrogens with zero attached hydrogens (tertiary/aromatic N) is 3. The summed E-state index contributed by atoms with van der Waals surface area (Å²) in [6, 6.07) is 3.10. The van der Waals surface area contributed by atoms with E-state index in [-0.39, 0.29) is 22.2 Å². The van der Waals surface area contributed by atoms with Crippen molar-refractivity contribution in [2.45, 2.75) is 6.18 Å². The fourth-order valence-electron chi connectivity index (χ4n) is 1.93. The second kappa shape index (κ2) is 7.15. The molecule has 12 heteroatoms. The predicted molar refractivity (Wildman–Crippen MR) is 88.3 cm³/mol. The molecular weight excluding hydrogens is 387 g/mol. The first-order valence-electron chi connectivity index (χ1n) is 7.15. The molecule has 1 fully saturated rings. The molecule has 0 bridgehead atoms. The molecule has 2 aromatic heterocycles. The van der Waals surface area contributed by atoms with Crippen LogP contribution in [0.2, 0.25) is 0 Å². The van der Waals surface area contributed by atoms with Crippen molar-refractivity contribution in [1.29, 1.82) is 0 Å². The second-order valence-electron chi connectivity index (χ2n) is 5.04. The molecule has 0 radical (unpaired) electrons. The molecule has 0 unspecified atom stereocenters. The maximum absolute atomic E-state index is 12.5. The van der Waals surface area contributed by atoms with E-state index in [2.05, 4.69) is 25.6 Å². The number of carbonyl (C=O) groups excluding carboxylic acids is 3. The fraction of sp³-hybridized carbons (Fsp3) is 0.0667. The van der Waals surface area contributed by atoms with Gasteiger partial charge >= 0.3 is 6.18 Å². The molecule has 2 N–H and O–H groups in total. The zero-order valence-electron chi connectivity index (χ0n) is 13.1. The number of thioether (sulfide) groups is 1. The number of aromatic nitrogens is 3. The Morgan fingerprint density at radius 1 is 1.19 bits per heavy atom. The fourth-order valence-corrected chi connectivity index (χ4v) is 2.60. The SMILES string of the molecule is O=C1NC(=O)/C(=C\c2ccnc(NC(=O)c3ccc(C(F)(F)F)cn3)n2)S1. The lowest BCUT2D eigenvalue weighted by molar-refractivity contribution is -0.137. The predicted octanol–water partition coefficient (Wildman–Crippen LogP) is 2.47. The van der Waals surface area contributed by atoms with Crippen molar-refractivity contribution < 1.29 is 27.6 Å². The van der Waals surface area contributed by atoms with E-state index >= 15 is 0 Å². The molecule has 3 rings (SSSR count). The quantitative estimate of drug-likeness (QED) is 0.768. The molecule has 3 heterocycles. The molecule has 0 aliphatic carbocycles. The number of rotatable bonds is 3. The maximum Gasteiger partial charge on any atom is 0.417 e. The summed E-state index contributed by atoms with van der Waals surface area (Å²) in [5.41, 5.74) is -0.995. The van der Waals surface area contributed by atoms with Crippen LogP contribution >= 0.6 is 11.8 Å². The summed E-state index contributed by atoms with van der Waals surface area (Å²) in [5, 5.41) is 3.87. The monoisotopic (exact) mass is 395 g/mol. The highest BCUT2D eigenvalue weighted by Gasteiger charge is 2.31. The van der Waals surface area contributed by atoms with E-state index in [9.17, 15) is 27.6 Å². The highest BCUT2D eigenvalue weighted by molar-refractivity contribution is 8.18. The largest absolute Gasteiger partial charge is 0.417 e. The van der Waals surface area contributed by atoms with Crippen molar-refractivity contribution >= 4 is 40.8 Å². The Kier molecular flexibility index (Phi) is 4.90. The number of imide groups is 1.